The molecule has 158 valence electrons. The number of carbonyl (C=O) groups is 1. The predicted octanol–water partition coefficient (Wildman–Crippen LogP) is 1.66. The van der Waals surface area contributed by atoms with Crippen LogP contribution >= 0.6 is 0 Å². The van der Waals surface area contributed by atoms with Gasteiger partial charge in [-0.15, -0.1) is 5.10 Å². The molecule has 3 heterocycles. The smallest absolute Gasteiger partial charge is 0.351 e. The summed E-state index contributed by atoms with van der Waals surface area (Å²) in [5.41, 5.74) is 1.67. The minimum Gasteiger partial charge on any atom is -0.378 e. The number of ether oxygens (including phenoxy) is 1. The highest BCUT2D eigenvalue weighted by molar-refractivity contribution is 5.90. The van der Waals surface area contributed by atoms with E-state index in [9.17, 15) is 14.0 Å². The van der Waals surface area contributed by atoms with Crippen LogP contribution in [-0.4, -0.2) is 51.4 Å². The maximum absolute atomic E-state index is 13.2. The number of para-hydroxylation sites is 2. The van der Waals surface area contributed by atoms with Gasteiger partial charge < -0.3 is 15.0 Å². The number of nitrogens with zero attached hydrogens (tertiary/aromatic N) is 5. The lowest BCUT2D eigenvalue weighted by Crippen LogP contribution is -2.37. The number of hydrogen-bond donors (Lipinski definition) is 1. The number of anilines is 2. The topological polar surface area (TPSA) is 93.8 Å². The monoisotopic (exact) mass is 422 g/mol. The molecule has 2 aromatic carbocycles. The fourth-order valence-electron chi connectivity index (χ4n) is 3.64. The Morgan fingerprint density at radius 1 is 1.10 bits per heavy atom. The van der Waals surface area contributed by atoms with Gasteiger partial charge >= 0.3 is 5.69 Å². The molecule has 1 aliphatic heterocycles. The van der Waals surface area contributed by atoms with E-state index < -0.39 is 17.4 Å². The van der Waals surface area contributed by atoms with E-state index >= 15 is 0 Å². The van der Waals surface area contributed by atoms with Gasteiger partial charge in [0, 0.05) is 18.8 Å². The van der Waals surface area contributed by atoms with Crippen LogP contribution in [0.5, 0.6) is 0 Å². The summed E-state index contributed by atoms with van der Waals surface area (Å²) in [5.74, 6) is -0.260. The van der Waals surface area contributed by atoms with E-state index in [0.29, 0.717) is 54.5 Å². The van der Waals surface area contributed by atoms with E-state index in [1.807, 2.05) is 23.1 Å². The van der Waals surface area contributed by atoms with Crippen LogP contribution < -0.4 is 15.9 Å². The minimum atomic E-state index is -0.442. The molecule has 31 heavy (non-hydrogen) atoms. The van der Waals surface area contributed by atoms with Crippen molar-refractivity contribution in [1.82, 2.24) is 19.2 Å². The molecule has 0 radical (unpaired) electrons. The number of benzene rings is 2. The van der Waals surface area contributed by atoms with Gasteiger partial charge in [-0.05, 0) is 36.4 Å². The van der Waals surface area contributed by atoms with Crippen molar-refractivity contribution >= 4 is 34.1 Å². The van der Waals surface area contributed by atoms with Gasteiger partial charge in [-0.1, -0.05) is 12.1 Å². The summed E-state index contributed by atoms with van der Waals surface area (Å²) in [4.78, 5) is 32.4. The van der Waals surface area contributed by atoms with Gasteiger partial charge in [-0.3, -0.25) is 4.79 Å². The van der Waals surface area contributed by atoms with Gasteiger partial charge in [0.15, 0.2) is 5.82 Å². The van der Waals surface area contributed by atoms with Gasteiger partial charge in [0.1, 0.15) is 12.4 Å². The van der Waals surface area contributed by atoms with Crippen molar-refractivity contribution < 1.29 is 13.9 Å². The zero-order valence-electron chi connectivity index (χ0n) is 16.5. The number of rotatable bonds is 4. The lowest BCUT2D eigenvalue weighted by molar-refractivity contribution is -0.117. The number of amides is 1. The summed E-state index contributed by atoms with van der Waals surface area (Å²) in [6, 6.07) is 12.7. The van der Waals surface area contributed by atoms with E-state index in [1.54, 1.807) is 6.07 Å². The van der Waals surface area contributed by atoms with E-state index in [4.69, 9.17) is 9.72 Å². The number of fused-ring (bicyclic) bond motifs is 3. The van der Waals surface area contributed by atoms with E-state index in [0.717, 1.165) is 4.68 Å². The van der Waals surface area contributed by atoms with Gasteiger partial charge in [0.25, 0.3) is 0 Å². The summed E-state index contributed by atoms with van der Waals surface area (Å²) in [7, 11) is 0. The second-order valence-electron chi connectivity index (χ2n) is 7.18. The number of carbonyl (C=O) groups excluding carboxylic acids is 1. The Bertz CT molecular complexity index is 1320. The average Bonchev–Trinajstić information content (AvgIpc) is 3.11. The van der Waals surface area contributed by atoms with Crippen molar-refractivity contribution in [3.63, 3.8) is 0 Å². The Labute approximate surface area is 175 Å². The van der Waals surface area contributed by atoms with Crippen LogP contribution in [0.4, 0.5) is 15.9 Å². The van der Waals surface area contributed by atoms with Crippen LogP contribution in [0.25, 0.3) is 16.7 Å². The molecule has 0 spiro atoms. The normalized spacial score (nSPS) is 14.3. The van der Waals surface area contributed by atoms with Crippen LogP contribution in [0.15, 0.2) is 53.3 Å². The molecule has 10 heteroatoms. The third-order valence-corrected chi connectivity index (χ3v) is 5.12. The number of hydrogen-bond acceptors (Lipinski definition) is 6. The molecule has 1 fully saturated rings. The highest BCUT2D eigenvalue weighted by Crippen LogP contribution is 2.23. The van der Waals surface area contributed by atoms with Gasteiger partial charge in [0.05, 0.1) is 24.2 Å². The predicted molar refractivity (Wildman–Crippen MR) is 113 cm³/mol. The minimum absolute atomic E-state index is 0.283. The van der Waals surface area contributed by atoms with Crippen molar-refractivity contribution in [2.24, 2.45) is 0 Å². The maximum atomic E-state index is 13.2. The number of halogens is 1. The van der Waals surface area contributed by atoms with Crippen molar-refractivity contribution in [3.05, 3.63) is 64.8 Å². The number of aromatic nitrogens is 4. The third kappa shape index (κ3) is 3.61. The van der Waals surface area contributed by atoms with E-state index in [-0.39, 0.29) is 6.54 Å². The molecule has 2 aromatic heterocycles. The first-order valence-electron chi connectivity index (χ1n) is 9.86. The lowest BCUT2D eigenvalue weighted by atomic mass is 10.3. The molecule has 9 nitrogen and oxygen atoms in total. The fourth-order valence-corrected chi connectivity index (χ4v) is 3.64. The zero-order valence-corrected chi connectivity index (χ0v) is 16.5. The standard InChI is InChI=1S/C21H19FN6O3/c22-14-5-7-15(8-6-14)23-18(29)13-27-21(30)28-17-4-2-1-3-16(17)24-19(20(28)25-27)26-9-11-31-12-10-26/h1-8H,9-13H2,(H,23,29). The Hall–Kier alpha value is -3.79. The van der Waals surface area contributed by atoms with E-state index in [2.05, 4.69) is 10.4 Å². The Morgan fingerprint density at radius 3 is 2.61 bits per heavy atom. The lowest BCUT2D eigenvalue weighted by Gasteiger charge is -2.27. The van der Waals surface area contributed by atoms with E-state index in [1.165, 1.54) is 28.7 Å². The summed E-state index contributed by atoms with van der Waals surface area (Å²) < 4.78 is 21.1. The Balaban J connectivity index is 1.55. The molecular weight excluding hydrogens is 403 g/mol. The summed E-state index contributed by atoms with van der Waals surface area (Å²) >= 11 is 0. The summed E-state index contributed by atoms with van der Waals surface area (Å²) in [6.45, 7) is 2.10. The molecule has 1 amide bonds. The second-order valence-corrected chi connectivity index (χ2v) is 7.18. The molecule has 0 unspecified atom stereocenters. The van der Waals surface area contributed by atoms with Gasteiger partial charge in [0.2, 0.25) is 11.6 Å². The van der Waals surface area contributed by atoms with Crippen molar-refractivity contribution in [1.29, 1.82) is 0 Å². The SMILES string of the molecule is O=C(Cn1nc2c(N3CCOCC3)nc3ccccc3n2c1=O)Nc1ccc(F)cc1. The molecule has 1 saturated heterocycles. The molecule has 0 atom stereocenters. The van der Waals surface area contributed by atoms with Gasteiger partial charge in [-0.2, -0.15) is 0 Å². The summed E-state index contributed by atoms with van der Waals surface area (Å²) in [5, 5.41) is 7.08. The number of nitrogens with one attached hydrogen (secondary N) is 1. The number of morpholine rings is 1. The highest BCUT2D eigenvalue weighted by atomic mass is 19.1. The van der Waals surface area contributed by atoms with Crippen LogP contribution in [0, 0.1) is 5.82 Å². The average molecular weight is 422 g/mol. The van der Waals surface area contributed by atoms with Crippen LogP contribution in [0.1, 0.15) is 0 Å². The highest BCUT2D eigenvalue weighted by Gasteiger charge is 2.22. The first-order valence-corrected chi connectivity index (χ1v) is 9.86. The molecule has 0 aliphatic carbocycles. The van der Waals surface area contributed by atoms with Crippen LogP contribution in [-0.2, 0) is 16.1 Å². The fraction of sp³-hybridized carbons (Fsp3) is 0.238. The van der Waals surface area contributed by atoms with Gasteiger partial charge in [-0.25, -0.2) is 23.3 Å². The molecule has 0 bridgehead atoms. The van der Waals surface area contributed by atoms with Crippen molar-refractivity contribution in [2.45, 2.75) is 6.54 Å². The molecule has 1 aliphatic rings. The quantitative estimate of drug-likeness (QED) is 0.538. The maximum Gasteiger partial charge on any atom is 0.351 e. The van der Waals surface area contributed by atoms with Crippen molar-refractivity contribution in [2.75, 3.05) is 36.5 Å². The Morgan fingerprint density at radius 2 is 1.84 bits per heavy atom. The molecule has 4 aromatic rings. The molecular formula is C21H19FN6O3. The first-order chi connectivity index (χ1) is 15.1. The van der Waals surface area contributed by atoms with Crippen LogP contribution in [0.3, 0.4) is 0 Å². The van der Waals surface area contributed by atoms with Crippen LogP contribution in [0.2, 0.25) is 0 Å². The third-order valence-electron chi connectivity index (χ3n) is 5.12. The molecule has 5 rings (SSSR count). The van der Waals surface area contributed by atoms with Crippen molar-refractivity contribution in [3.8, 4) is 0 Å². The molecule has 0 saturated carbocycles. The molecule has 1 N–H and O–H groups in total. The largest absolute Gasteiger partial charge is 0.378 e. The Kier molecular flexibility index (Phi) is 4.83. The second kappa shape index (κ2) is 7.80. The zero-order chi connectivity index (χ0) is 21.4. The summed E-state index contributed by atoms with van der Waals surface area (Å²) in [6.07, 6.45) is 0. The first kappa shape index (κ1) is 19.2.